The Labute approximate surface area is 77.2 Å². The van der Waals surface area contributed by atoms with Crippen molar-refractivity contribution in [2.75, 3.05) is 0 Å². The number of hydrogen-bond donors (Lipinski definition) is 1. The van der Waals surface area contributed by atoms with E-state index in [9.17, 15) is 9.90 Å². The average Bonchev–Trinajstić information content (AvgIpc) is 2.08. The van der Waals surface area contributed by atoms with Gasteiger partial charge in [-0.2, -0.15) is 0 Å². The summed E-state index contributed by atoms with van der Waals surface area (Å²) in [5.41, 5.74) is 6.34. The maximum Gasteiger partial charge on any atom is 0.150 e. The molecule has 1 rings (SSSR count). The Bertz CT molecular complexity index is 334. The van der Waals surface area contributed by atoms with Crippen molar-refractivity contribution in [3.63, 3.8) is 0 Å². The van der Waals surface area contributed by atoms with E-state index in [4.69, 9.17) is 0 Å². The molecule has 3 heteroatoms. The van der Waals surface area contributed by atoms with Gasteiger partial charge in [-0.05, 0) is 25.0 Å². The van der Waals surface area contributed by atoms with Gasteiger partial charge in [-0.3, -0.25) is 0 Å². The van der Waals surface area contributed by atoms with E-state index >= 15 is 0 Å². The normalized spacial score (nSPS) is 12.5. The van der Waals surface area contributed by atoms with Crippen molar-refractivity contribution in [1.29, 1.82) is 0 Å². The van der Waals surface area contributed by atoms with Gasteiger partial charge in [-0.1, -0.05) is 18.2 Å². The van der Waals surface area contributed by atoms with Crippen LogP contribution in [-0.4, -0.2) is 5.97 Å². The topological polar surface area (TPSA) is 67.8 Å². The smallest absolute Gasteiger partial charge is 0.150 e. The van der Waals surface area contributed by atoms with Gasteiger partial charge in [0.2, 0.25) is 0 Å². The predicted octanol–water partition coefficient (Wildman–Crippen LogP) is -0.664. The highest BCUT2D eigenvalue weighted by atomic mass is 16.4. The van der Waals surface area contributed by atoms with Crippen molar-refractivity contribution in [3.8, 4) is 0 Å². The predicted molar refractivity (Wildman–Crippen MR) is 46.6 cm³/mol. The number of carbonyl (C=O) groups is 1. The molecule has 0 aromatic heterocycles. The number of aliphatic carboxylic acids is 1. The second kappa shape index (κ2) is 3.58. The highest BCUT2D eigenvalue weighted by Gasteiger charge is 2.13. The minimum absolute atomic E-state index is 0.736. The maximum atomic E-state index is 10.6. The van der Waals surface area contributed by atoms with Gasteiger partial charge >= 0.3 is 0 Å². The number of carbonyl (C=O) groups excluding carboxylic acids is 1. The molecule has 0 aliphatic rings. The van der Waals surface area contributed by atoms with Crippen molar-refractivity contribution in [2.45, 2.75) is 19.9 Å². The third-order valence-electron chi connectivity index (χ3n) is 2.31. The van der Waals surface area contributed by atoms with Gasteiger partial charge in [-0.25, -0.2) is 0 Å². The number of benzene rings is 1. The van der Waals surface area contributed by atoms with Gasteiger partial charge in [0.1, 0.15) is 5.97 Å². The number of aryl methyl sites for hydroxylation is 1. The summed E-state index contributed by atoms with van der Waals surface area (Å²) in [4.78, 5) is 10.6. The van der Waals surface area contributed by atoms with Gasteiger partial charge in [-0.15, -0.1) is 0 Å². The lowest BCUT2D eigenvalue weighted by molar-refractivity contribution is -0.443. The molecule has 0 aliphatic heterocycles. The maximum absolute atomic E-state index is 10.6. The molecule has 0 heterocycles. The molecule has 0 radical (unpaired) electrons. The van der Waals surface area contributed by atoms with Gasteiger partial charge in [0.05, 0.1) is 0 Å². The molecule has 13 heavy (non-hydrogen) atoms. The number of quaternary nitrogens is 1. The standard InChI is InChI=1S/C10H13NO2/c1-6-4-3-5-8(7(6)2)9(11)10(12)13/h3-5,9H,11H2,1-2H3,(H,12,13)/t9-/m1/s1. The minimum atomic E-state index is -1.13. The highest BCUT2D eigenvalue weighted by molar-refractivity contribution is 5.72. The molecule has 1 atom stereocenters. The first-order valence-electron chi connectivity index (χ1n) is 4.14. The molecule has 0 fully saturated rings. The molecular formula is C10H13NO2. The van der Waals surface area contributed by atoms with Crippen LogP contribution in [0.25, 0.3) is 0 Å². The van der Waals surface area contributed by atoms with Crippen molar-refractivity contribution >= 4 is 5.97 Å². The van der Waals surface area contributed by atoms with Gasteiger partial charge in [0.15, 0.2) is 6.04 Å². The summed E-state index contributed by atoms with van der Waals surface area (Å²) < 4.78 is 0. The average molecular weight is 179 g/mol. The molecule has 0 unspecified atom stereocenters. The molecule has 70 valence electrons. The Kier molecular flexibility index (Phi) is 2.68. The molecule has 0 aliphatic carbocycles. The summed E-state index contributed by atoms with van der Waals surface area (Å²) in [5, 5.41) is 10.6. The lowest BCUT2D eigenvalue weighted by Crippen LogP contribution is -2.61. The SMILES string of the molecule is Cc1cccc([C@@H]([NH3+])C(=O)[O-])c1C. The van der Waals surface area contributed by atoms with Crippen molar-refractivity contribution in [2.24, 2.45) is 0 Å². The molecule has 1 aromatic carbocycles. The number of hydrogen-bond acceptors (Lipinski definition) is 2. The van der Waals surface area contributed by atoms with E-state index in [1.807, 2.05) is 26.0 Å². The van der Waals surface area contributed by atoms with Crippen LogP contribution in [0.5, 0.6) is 0 Å². The lowest BCUT2D eigenvalue weighted by atomic mass is 9.98. The highest BCUT2D eigenvalue weighted by Crippen LogP contribution is 2.16. The Morgan fingerprint density at radius 2 is 2.08 bits per heavy atom. The Morgan fingerprint density at radius 1 is 1.46 bits per heavy atom. The van der Waals surface area contributed by atoms with E-state index in [0.717, 1.165) is 16.7 Å². The first-order valence-corrected chi connectivity index (χ1v) is 4.14. The van der Waals surface area contributed by atoms with Crippen molar-refractivity contribution in [1.82, 2.24) is 0 Å². The van der Waals surface area contributed by atoms with E-state index in [1.54, 1.807) is 6.07 Å². The summed E-state index contributed by atoms with van der Waals surface area (Å²) in [5.74, 6) is -1.13. The van der Waals surface area contributed by atoms with Crippen LogP contribution in [0, 0.1) is 13.8 Å². The zero-order valence-corrected chi connectivity index (χ0v) is 7.83. The number of rotatable bonds is 2. The summed E-state index contributed by atoms with van der Waals surface area (Å²) in [7, 11) is 0. The van der Waals surface area contributed by atoms with Crippen LogP contribution < -0.4 is 10.8 Å². The molecular weight excluding hydrogens is 166 g/mol. The fourth-order valence-corrected chi connectivity index (χ4v) is 1.28. The molecule has 0 spiro atoms. The molecule has 0 bridgehead atoms. The Hall–Kier alpha value is -1.35. The number of carboxylic acid groups (broad SMARTS) is 1. The van der Waals surface area contributed by atoms with E-state index in [0.29, 0.717) is 0 Å². The van der Waals surface area contributed by atoms with E-state index < -0.39 is 12.0 Å². The Balaban J connectivity index is 3.15. The molecule has 1 aromatic rings. The second-order valence-corrected chi connectivity index (χ2v) is 3.16. The van der Waals surface area contributed by atoms with E-state index in [-0.39, 0.29) is 0 Å². The second-order valence-electron chi connectivity index (χ2n) is 3.16. The first kappa shape index (κ1) is 9.74. The number of carboxylic acids is 1. The summed E-state index contributed by atoms with van der Waals surface area (Å²) in [6.45, 7) is 3.84. The molecule has 0 saturated carbocycles. The first-order chi connectivity index (χ1) is 6.04. The van der Waals surface area contributed by atoms with Crippen LogP contribution in [0.3, 0.4) is 0 Å². The Morgan fingerprint density at radius 3 is 2.62 bits per heavy atom. The minimum Gasteiger partial charge on any atom is -0.544 e. The molecule has 3 N–H and O–H groups in total. The van der Waals surface area contributed by atoms with E-state index in [2.05, 4.69) is 5.73 Å². The zero-order chi connectivity index (χ0) is 10.0. The molecule has 3 nitrogen and oxygen atoms in total. The van der Waals surface area contributed by atoms with Crippen LogP contribution >= 0.6 is 0 Å². The largest absolute Gasteiger partial charge is 0.544 e. The van der Waals surface area contributed by atoms with Crippen LogP contribution in [0.1, 0.15) is 22.7 Å². The monoisotopic (exact) mass is 179 g/mol. The van der Waals surface area contributed by atoms with Crippen LogP contribution in [0.15, 0.2) is 18.2 Å². The van der Waals surface area contributed by atoms with Crippen LogP contribution in [0.4, 0.5) is 0 Å². The fourth-order valence-electron chi connectivity index (χ4n) is 1.28. The fraction of sp³-hybridized carbons (Fsp3) is 0.300. The van der Waals surface area contributed by atoms with Crippen molar-refractivity contribution in [3.05, 3.63) is 34.9 Å². The van der Waals surface area contributed by atoms with Crippen molar-refractivity contribution < 1.29 is 15.6 Å². The molecule has 0 amide bonds. The zero-order valence-electron chi connectivity index (χ0n) is 7.83. The molecule has 0 saturated heterocycles. The quantitative estimate of drug-likeness (QED) is 0.654. The van der Waals surface area contributed by atoms with Gasteiger partial charge < -0.3 is 15.6 Å². The third kappa shape index (κ3) is 1.87. The van der Waals surface area contributed by atoms with Gasteiger partial charge in [0.25, 0.3) is 0 Å². The third-order valence-corrected chi connectivity index (χ3v) is 2.31. The summed E-state index contributed by atoms with van der Waals surface area (Å²) >= 11 is 0. The lowest BCUT2D eigenvalue weighted by Gasteiger charge is -2.13. The summed E-state index contributed by atoms with van der Waals surface area (Å²) in [6.07, 6.45) is 0. The summed E-state index contributed by atoms with van der Waals surface area (Å²) in [6, 6.07) is 4.77. The van der Waals surface area contributed by atoms with Gasteiger partial charge in [0, 0.05) is 5.56 Å². The van der Waals surface area contributed by atoms with Crippen LogP contribution in [-0.2, 0) is 4.79 Å². The van der Waals surface area contributed by atoms with E-state index in [1.165, 1.54) is 0 Å². The van der Waals surface area contributed by atoms with Crippen LogP contribution in [0.2, 0.25) is 0 Å².